The van der Waals surface area contributed by atoms with E-state index >= 15 is 0 Å². The summed E-state index contributed by atoms with van der Waals surface area (Å²) < 4.78 is 39.4. The second-order valence-electron chi connectivity index (χ2n) is 3.91. The third-order valence-electron chi connectivity index (χ3n) is 2.39. The molecule has 1 fully saturated rings. The fourth-order valence-electron chi connectivity index (χ4n) is 1.45. The van der Waals surface area contributed by atoms with Crippen LogP contribution in [0.5, 0.6) is 0 Å². The molecule has 0 aromatic rings. The number of hydrogen-bond donors (Lipinski definition) is 4. The fraction of sp³-hybridized carbons (Fsp3) is 0.875. The average molecular weight is 371 g/mol. The fourth-order valence-corrected chi connectivity index (χ4v) is 2.62. The number of hydrogen-bond acceptors (Lipinski definition) is 11. The smallest absolute Gasteiger partial charge is 0.714 e. The van der Waals surface area contributed by atoms with Crippen LogP contribution < -0.4 is 51.4 Å². The van der Waals surface area contributed by atoms with Gasteiger partial charge in [-0.15, -0.1) is 0 Å². The first kappa shape index (κ1) is 22.2. The van der Waals surface area contributed by atoms with E-state index in [1.165, 1.54) is 6.92 Å². The summed E-state index contributed by atoms with van der Waals surface area (Å²) in [5.74, 6) is 0. The van der Waals surface area contributed by atoms with Gasteiger partial charge in [0, 0.05) is 0 Å². The molecule has 0 bridgehead atoms. The molecule has 5 atom stereocenters. The van der Waals surface area contributed by atoms with Crippen molar-refractivity contribution in [1.29, 1.82) is 0 Å². The second-order valence-corrected chi connectivity index (χ2v) is 6.16. The molecule has 1 saturated heterocycles. The Bertz CT molecular complexity index is 457. The van der Waals surface area contributed by atoms with Gasteiger partial charge in [0.2, 0.25) is 0 Å². The first-order valence-electron chi connectivity index (χ1n) is 5.32. The number of oxime groups is 1. The van der Waals surface area contributed by atoms with Crippen LogP contribution in [0.15, 0.2) is 5.16 Å². The monoisotopic (exact) mass is 371 g/mol. The van der Waals surface area contributed by atoms with Crippen molar-refractivity contribution >= 4 is 27.2 Å². The Morgan fingerprint density at radius 2 is 1.90 bits per heavy atom. The first-order valence-corrected chi connectivity index (χ1v) is 7.53. The van der Waals surface area contributed by atoms with E-state index in [0.717, 1.165) is 0 Å². The molecule has 13 heteroatoms. The van der Waals surface area contributed by atoms with E-state index in [4.69, 9.17) is 9.84 Å². The molecule has 1 heterocycles. The maximum atomic E-state index is 10.2. The average Bonchev–Trinajstić information content (AvgIpc) is 2.36. The molecule has 1 aliphatic rings. The number of rotatable bonds is 4. The van der Waals surface area contributed by atoms with Crippen LogP contribution in [0, 0.1) is 0 Å². The Morgan fingerprint density at radius 3 is 2.38 bits per heavy atom. The third kappa shape index (κ3) is 7.07. The van der Waals surface area contributed by atoms with Crippen molar-refractivity contribution in [1.82, 2.24) is 0 Å². The predicted octanol–water partition coefficient (Wildman–Crippen LogP) is -5.67. The Kier molecular flexibility index (Phi) is 9.98. The molecule has 21 heavy (non-hydrogen) atoms. The van der Waals surface area contributed by atoms with Gasteiger partial charge in [0.15, 0.2) is 0 Å². The second kappa shape index (κ2) is 9.46. The van der Waals surface area contributed by atoms with Crippen molar-refractivity contribution in [3.63, 3.8) is 0 Å². The molecular weight excluding hydrogens is 357 g/mol. The zero-order chi connectivity index (χ0) is 15.5. The Hall–Kier alpha value is 1.17. The first-order chi connectivity index (χ1) is 9.15. The van der Waals surface area contributed by atoms with E-state index in [1.54, 1.807) is 0 Å². The Morgan fingerprint density at radius 1 is 1.33 bits per heavy atom. The number of nitrogens with zero attached hydrogens (tertiary/aromatic N) is 1. The van der Waals surface area contributed by atoms with Crippen LogP contribution in [0.25, 0.3) is 0 Å². The summed E-state index contributed by atoms with van der Waals surface area (Å²) in [6.07, 6.45) is -5.66. The van der Waals surface area contributed by atoms with E-state index < -0.39 is 46.9 Å². The van der Waals surface area contributed by atoms with Crippen molar-refractivity contribution in [2.24, 2.45) is 5.16 Å². The molecule has 10 nitrogen and oxygen atoms in total. The van der Waals surface area contributed by atoms with Crippen LogP contribution >= 0.6 is 11.8 Å². The minimum Gasteiger partial charge on any atom is -0.714 e. The van der Waals surface area contributed by atoms with Gasteiger partial charge in [-0.1, -0.05) is 16.9 Å². The molecule has 1 rings (SSSR count). The Labute approximate surface area is 167 Å². The van der Waals surface area contributed by atoms with E-state index in [-0.39, 0.29) is 56.4 Å². The van der Waals surface area contributed by atoms with Gasteiger partial charge < -0.3 is 29.7 Å². The van der Waals surface area contributed by atoms with Gasteiger partial charge in [-0.25, -0.2) is 0 Å². The van der Waals surface area contributed by atoms with E-state index in [1.807, 2.05) is 0 Å². The van der Waals surface area contributed by atoms with Crippen LogP contribution in [0.3, 0.4) is 0 Å². The minimum absolute atomic E-state index is 0. The van der Waals surface area contributed by atoms with Gasteiger partial charge in [-0.05, 0) is 6.92 Å². The number of thioether (sulfide) groups is 1. The largest absolute Gasteiger partial charge is 1.00 e. The third-order valence-corrected chi connectivity index (χ3v) is 3.69. The van der Waals surface area contributed by atoms with E-state index in [9.17, 15) is 28.3 Å². The maximum absolute atomic E-state index is 10.2. The van der Waals surface area contributed by atoms with Crippen molar-refractivity contribution in [2.75, 3.05) is 6.61 Å². The van der Waals surface area contributed by atoms with Crippen LogP contribution in [0.1, 0.15) is 6.92 Å². The van der Waals surface area contributed by atoms with Gasteiger partial charge in [-0.2, -0.15) is 8.42 Å². The molecule has 0 unspecified atom stereocenters. The summed E-state index contributed by atoms with van der Waals surface area (Å²) in [7, 11) is -4.99. The molecule has 0 aliphatic carbocycles. The molecule has 4 N–H and O–H groups in total. The van der Waals surface area contributed by atoms with Crippen molar-refractivity contribution in [2.45, 2.75) is 36.8 Å². The summed E-state index contributed by atoms with van der Waals surface area (Å²) in [5, 5.41) is 40.6. The van der Waals surface area contributed by atoms with Crippen molar-refractivity contribution < 1.29 is 93.8 Å². The molecule has 0 aromatic heterocycles. The molecular formula is C8H14KNO9S2. The summed E-state index contributed by atoms with van der Waals surface area (Å²) in [5.41, 5.74) is -1.13. The molecule has 0 spiro atoms. The normalized spacial score (nSPS) is 34.2. The van der Waals surface area contributed by atoms with Crippen LogP contribution in [0.2, 0.25) is 0 Å². The van der Waals surface area contributed by atoms with E-state index in [2.05, 4.69) is 9.44 Å². The number of aliphatic hydroxyl groups is 4. The molecule has 0 radical (unpaired) electrons. The standard InChI is InChI=1S/C8H15NO9S2.K/c1-3(9-18-20(14,15)16)19-8-7(13)6(12)5(11)4(2-10)17-8;/h4-8,10-13H,2H2,1H3,(H,14,15,16);/q;+1/p-1/t4-,5-,6+,7-,8+;/m1./s1. The SMILES string of the molecule is CC(=NOS(=O)(=O)[O-])S[C@@H]1O[C@H](CO)[C@@H](O)[C@H](O)[C@H]1O.[K+]. The zero-order valence-corrected chi connectivity index (χ0v) is 15.9. The van der Waals surface area contributed by atoms with Gasteiger partial charge in [0.25, 0.3) is 10.4 Å². The molecule has 0 saturated carbocycles. The molecule has 0 amide bonds. The molecule has 0 aromatic carbocycles. The van der Waals surface area contributed by atoms with Crippen molar-refractivity contribution in [3.05, 3.63) is 0 Å². The topological polar surface area (TPSA) is 169 Å². The molecule has 118 valence electrons. The van der Waals surface area contributed by atoms with Gasteiger partial charge >= 0.3 is 51.4 Å². The van der Waals surface area contributed by atoms with Crippen LogP contribution in [-0.4, -0.2) is 74.9 Å². The summed E-state index contributed by atoms with van der Waals surface area (Å²) in [6.45, 7) is 0.681. The number of aliphatic hydroxyl groups excluding tert-OH is 4. The molecule has 1 aliphatic heterocycles. The van der Waals surface area contributed by atoms with Crippen molar-refractivity contribution in [3.8, 4) is 0 Å². The van der Waals surface area contributed by atoms with Crippen LogP contribution in [-0.2, 0) is 19.4 Å². The van der Waals surface area contributed by atoms with Crippen LogP contribution in [0.4, 0.5) is 0 Å². The summed E-state index contributed by atoms with van der Waals surface area (Å²) in [4.78, 5) is 0. The minimum atomic E-state index is -4.99. The number of ether oxygens (including phenoxy) is 1. The summed E-state index contributed by atoms with van der Waals surface area (Å²) in [6, 6.07) is 0. The van der Waals surface area contributed by atoms with Gasteiger partial charge in [-0.3, -0.25) is 4.28 Å². The van der Waals surface area contributed by atoms with Gasteiger partial charge in [0.05, 0.1) is 6.61 Å². The van der Waals surface area contributed by atoms with Gasteiger partial charge in [0.1, 0.15) is 34.9 Å². The van der Waals surface area contributed by atoms with E-state index in [0.29, 0.717) is 11.8 Å². The predicted molar refractivity (Wildman–Crippen MR) is 65.2 cm³/mol. The Balaban J connectivity index is 0.00000400. The zero-order valence-electron chi connectivity index (χ0n) is 11.2. The summed E-state index contributed by atoms with van der Waals surface area (Å²) >= 11 is 0.661. The quantitative estimate of drug-likeness (QED) is 0.0933. The maximum Gasteiger partial charge on any atom is 1.00 e.